The summed E-state index contributed by atoms with van der Waals surface area (Å²) < 4.78 is 0. The molecule has 2 N–H and O–H groups in total. The average molecular weight is 355 g/mol. The minimum Gasteiger partial charge on any atom is -0.507 e. The van der Waals surface area contributed by atoms with Crippen molar-refractivity contribution < 1.29 is 10.2 Å². The van der Waals surface area contributed by atoms with E-state index in [9.17, 15) is 10.2 Å². The average Bonchev–Trinajstić information content (AvgIpc) is 3.22. The molecule has 0 spiro atoms. The van der Waals surface area contributed by atoms with Gasteiger partial charge in [0.15, 0.2) is 0 Å². The van der Waals surface area contributed by atoms with Gasteiger partial charge in [-0.15, -0.1) is 0 Å². The lowest BCUT2D eigenvalue weighted by atomic mass is 9.72. The molecular weight excluding hydrogens is 320 g/mol. The lowest BCUT2D eigenvalue weighted by Gasteiger charge is -2.33. The van der Waals surface area contributed by atoms with Crippen LogP contribution in [0, 0.1) is 11.3 Å². The molecule has 26 heavy (non-hydrogen) atoms. The van der Waals surface area contributed by atoms with Crippen LogP contribution in [0.4, 0.5) is 0 Å². The number of hydrogen-bond acceptors (Lipinski definition) is 2. The van der Waals surface area contributed by atoms with E-state index < -0.39 is 0 Å². The Morgan fingerprint density at radius 3 is 2.31 bits per heavy atom. The Morgan fingerprint density at radius 1 is 1.23 bits per heavy atom. The van der Waals surface area contributed by atoms with E-state index in [0.717, 1.165) is 30.4 Å². The van der Waals surface area contributed by atoms with Crippen molar-refractivity contribution in [1.29, 1.82) is 0 Å². The maximum atomic E-state index is 10.9. The Labute approximate surface area is 158 Å². The molecule has 0 saturated heterocycles. The normalized spacial score (nSPS) is 24.9. The summed E-state index contributed by atoms with van der Waals surface area (Å²) in [4.78, 5) is 0. The minimum atomic E-state index is -0.0647. The van der Waals surface area contributed by atoms with Crippen LogP contribution in [-0.4, -0.2) is 10.2 Å². The second kappa shape index (κ2) is 6.48. The first-order chi connectivity index (χ1) is 12.0. The molecule has 2 heteroatoms. The predicted molar refractivity (Wildman–Crippen MR) is 109 cm³/mol. The quantitative estimate of drug-likeness (QED) is 0.586. The second-order valence-corrected chi connectivity index (χ2v) is 9.83. The summed E-state index contributed by atoms with van der Waals surface area (Å²) in [6, 6.07) is 3.77. The molecule has 0 radical (unpaired) electrons. The van der Waals surface area contributed by atoms with Crippen molar-refractivity contribution in [3.8, 4) is 11.5 Å². The van der Waals surface area contributed by atoms with E-state index in [1.165, 1.54) is 18.4 Å². The third kappa shape index (κ3) is 3.70. The number of hydrogen-bond donors (Lipinski definition) is 2. The molecule has 1 fully saturated rings. The van der Waals surface area contributed by atoms with Gasteiger partial charge in [0.2, 0.25) is 0 Å². The highest BCUT2D eigenvalue weighted by Gasteiger charge is 2.42. The van der Waals surface area contributed by atoms with Gasteiger partial charge in [-0.3, -0.25) is 0 Å². The van der Waals surface area contributed by atoms with Crippen molar-refractivity contribution in [2.24, 2.45) is 11.3 Å². The van der Waals surface area contributed by atoms with Crippen LogP contribution >= 0.6 is 0 Å². The van der Waals surface area contributed by atoms with E-state index in [2.05, 4.69) is 40.3 Å². The number of phenolic OH excluding ortho intramolecular Hbond substituents is 2. The third-order valence-electron chi connectivity index (χ3n) is 6.60. The van der Waals surface area contributed by atoms with Gasteiger partial charge in [-0.05, 0) is 80.4 Å². The van der Waals surface area contributed by atoms with Crippen molar-refractivity contribution in [2.75, 3.05) is 0 Å². The molecule has 2 nitrogen and oxygen atoms in total. The van der Waals surface area contributed by atoms with E-state index in [4.69, 9.17) is 0 Å². The van der Waals surface area contributed by atoms with Crippen LogP contribution in [0.3, 0.4) is 0 Å². The summed E-state index contributed by atoms with van der Waals surface area (Å²) in [7, 11) is 0. The molecule has 0 bridgehead atoms. The van der Waals surface area contributed by atoms with E-state index in [-0.39, 0.29) is 28.7 Å². The topological polar surface area (TPSA) is 40.5 Å². The molecule has 1 aromatic carbocycles. The molecule has 0 aliphatic heterocycles. The molecule has 2 aliphatic rings. The van der Waals surface area contributed by atoms with E-state index in [1.54, 1.807) is 0 Å². The highest BCUT2D eigenvalue weighted by atomic mass is 16.3. The molecule has 142 valence electrons. The largest absolute Gasteiger partial charge is 0.507 e. The standard InChI is InChI=1S/C24H34O2/c1-15(2)18-8-7-16(3)11-19(18)22-20(25)12-17(13-21(22)26)23(4,5)14-24(6)9-10-24/h11-13,18-19,25-26H,1,7-10,14H2,2-6H3/t18?,19-/m1/s1. The molecule has 0 amide bonds. The fourth-order valence-corrected chi connectivity index (χ4v) is 4.82. The van der Waals surface area contributed by atoms with Gasteiger partial charge in [0.25, 0.3) is 0 Å². The Hall–Kier alpha value is -1.70. The lowest BCUT2D eigenvalue weighted by Crippen LogP contribution is -2.22. The summed E-state index contributed by atoms with van der Waals surface area (Å²) in [6.07, 6.45) is 7.91. The summed E-state index contributed by atoms with van der Waals surface area (Å²) in [5.74, 6) is 0.701. The fraction of sp³-hybridized carbons (Fsp3) is 0.583. The van der Waals surface area contributed by atoms with Gasteiger partial charge in [0.1, 0.15) is 11.5 Å². The molecule has 1 saturated carbocycles. The van der Waals surface area contributed by atoms with Crippen LogP contribution in [-0.2, 0) is 5.41 Å². The highest BCUT2D eigenvalue weighted by Crippen LogP contribution is 2.54. The fourth-order valence-electron chi connectivity index (χ4n) is 4.82. The van der Waals surface area contributed by atoms with Crippen LogP contribution in [0.15, 0.2) is 35.9 Å². The molecule has 0 aromatic heterocycles. The molecular formula is C24H34O2. The van der Waals surface area contributed by atoms with Gasteiger partial charge in [-0.2, -0.15) is 0 Å². The summed E-state index contributed by atoms with van der Waals surface area (Å²) in [5, 5.41) is 21.7. The van der Waals surface area contributed by atoms with E-state index in [1.807, 2.05) is 19.1 Å². The number of phenols is 2. The smallest absolute Gasteiger partial charge is 0.123 e. The Morgan fingerprint density at radius 2 is 1.81 bits per heavy atom. The first kappa shape index (κ1) is 19.1. The van der Waals surface area contributed by atoms with Crippen molar-refractivity contribution in [2.45, 2.75) is 78.1 Å². The van der Waals surface area contributed by atoms with Crippen LogP contribution in [0.5, 0.6) is 11.5 Å². The second-order valence-electron chi connectivity index (χ2n) is 9.83. The van der Waals surface area contributed by atoms with Crippen LogP contribution in [0.1, 0.15) is 83.8 Å². The number of aromatic hydroxyl groups is 2. The lowest BCUT2D eigenvalue weighted by molar-refractivity contribution is 0.356. The van der Waals surface area contributed by atoms with Crippen molar-refractivity contribution in [1.82, 2.24) is 0 Å². The van der Waals surface area contributed by atoms with E-state index in [0.29, 0.717) is 11.0 Å². The number of benzene rings is 1. The molecule has 3 rings (SSSR count). The van der Waals surface area contributed by atoms with Crippen molar-refractivity contribution >= 4 is 0 Å². The molecule has 2 aliphatic carbocycles. The van der Waals surface area contributed by atoms with Crippen molar-refractivity contribution in [3.63, 3.8) is 0 Å². The summed E-state index contributed by atoms with van der Waals surface area (Å²) in [5.41, 5.74) is 4.47. The van der Waals surface area contributed by atoms with Gasteiger partial charge < -0.3 is 10.2 Å². The first-order valence-electron chi connectivity index (χ1n) is 9.91. The monoisotopic (exact) mass is 354 g/mol. The summed E-state index contributed by atoms with van der Waals surface area (Å²) >= 11 is 0. The number of rotatable bonds is 5. The van der Waals surface area contributed by atoms with Gasteiger partial charge in [0.05, 0.1) is 0 Å². The van der Waals surface area contributed by atoms with Crippen LogP contribution < -0.4 is 0 Å². The summed E-state index contributed by atoms with van der Waals surface area (Å²) in [6.45, 7) is 15.1. The van der Waals surface area contributed by atoms with Crippen LogP contribution in [0.2, 0.25) is 0 Å². The van der Waals surface area contributed by atoms with Gasteiger partial charge >= 0.3 is 0 Å². The zero-order valence-electron chi connectivity index (χ0n) is 17.0. The molecule has 0 heterocycles. The predicted octanol–water partition coefficient (Wildman–Crippen LogP) is 6.58. The third-order valence-corrected chi connectivity index (χ3v) is 6.60. The minimum absolute atomic E-state index is 0.000591. The van der Waals surface area contributed by atoms with Crippen molar-refractivity contribution in [3.05, 3.63) is 47.1 Å². The zero-order valence-corrected chi connectivity index (χ0v) is 17.0. The highest BCUT2D eigenvalue weighted by molar-refractivity contribution is 5.53. The molecule has 1 aromatic rings. The first-order valence-corrected chi connectivity index (χ1v) is 9.91. The molecule has 1 unspecified atom stereocenters. The SMILES string of the molecule is C=C(C)C1CCC(C)=C[C@H]1c1c(O)cc(C(C)(C)CC2(C)CC2)cc1O. The Balaban J connectivity index is 1.99. The van der Waals surface area contributed by atoms with E-state index >= 15 is 0 Å². The maximum absolute atomic E-state index is 10.9. The number of allylic oxidation sites excluding steroid dienone is 3. The zero-order chi connectivity index (χ0) is 19.3. The molecule has 2 atom stereocenters. The van der Waals surface area contributed by atoms with Gasteiger partial charge in [-0.1, -0.05) is 44.6 Å². The van der Waals surface area contributed by atoms with Crippen LogP contribution in [0.25, 0.3) is 0 Å². The Kier molecular flexibility index (Phi) is 4.75. The van der Waals surface area contributed by atoms with Gasteiger partial charge in [0, 0.05) is 11.5 Å². The van der Waals surface area contributed by atoms with Gasteiger partial charge in [-0.25, -0.2) is 0 Å². The Bertz CT molecular complexity index is 726. The maximum Gasteiger partial charge on any atom is 0.123 e.